The molecule has 23 heavy (non-hydrogen) atoms. The molecule has 0 saturated heterocycles. The maximum absolute atomic E-state index is 12.5. The molecule has 0 atom stereocenters. The second kappa shape index (κ2) is 7.52. The van der Waals surface area contributed by atoms with Gasteiger partial charge < -0.3 is 19.5 Å². The molecule has 0 spiro atoms. The zero-order valence-electron chi connectivity index (χ0n) is 12.6. The first-order chi connectivity index (χ1) is 11.0. The predicted octanol–water partition coefficient (Wildman–Crippen LogP) is 3.78. The normalized spacial score (nSPS) is 10.1. The van der Waals surface area contributed by atoms with Crippen molar-refractivity contribution in [3.05, 3.63) is 39.6 Å². The Morgan fingerprint density at radius 3 is 2.43 bits per heavy atom. The smallest absolute Gasteiger partial charge is 0.257 e. The van der Waals surface area contributed by atoms with Crippen molar-refractivity contribution in [1.82, 2.24) is 4.98 Å². The fourth-order valence-corrected chi connectivity index (χ4v) is 2.78. The number of methoxy groups -OCH3 is 3. The van der Waals surface area contributed by atoms with E-state index >= 15 is 0 Å². The molecule has 1 amide bonds. The number of anilines is 1. The van der Waals surface area contributed by atoms with E-state index in [1.165, 1.54) is 27.5 Å². The quantitative estimate of drug-likeness (QED) is 0.772. The zero-order chi connectivity index (χ0) is 17.0. The SMILES string of the molecule is COc1cc(C(=O)Nc2ccnc(Cl)c2)c(Br)c(OC)c1OC. The predicted molar refractivity (Wildman–Crippen MR) is 91.0 cm³/mol. The molecule has 0 saturated carbocycles. The third-order valence-electron chi connectivity index (χ3n) is 3.00. The van der Waals surface area contributed by atoms with Crippen LogP contribution in [-0.2, 0) is 0 Å². The van der Waals surface area contributed by atoms with Crippen molar-refractivity contribution in [2.24, 2.45) is 0 Å². The highest BCUT2D eigenvalue weighted by Gasteiger charge is 2.22. The third-order valence-corrected chi connectivity index (χ3v) is 3.99. The summed E-state index contributed by atoms with van der Waals surface area (Å²) in [4.78, 5) is 16.4. The van der Waals surface area contributed by atoms with E-state index in [-0.39, 0.29) is 11.1 Å². The van der Waals surface area contributed by atoms with E-state index in [0.717, 1.165) is 0 Å². The van der Waals surface area contributed by atoms with Gasteiger partial charge in [0.25, 0.3) is 5.91 Å². The summed E-state index contributed by atoms with van der Waals surface area (Å²) in [6.07, 6.45) is 1.50. The monoisotopic (exact) mass is 400 g/mol. The molecular weight excluding hydrogens is 388 g/mol. The number of amides is 1. The number of carbonyl (C=O) groups is 1. The van der Waals surface area contributed by atoms with E-state index in [0.29, 0.717) is 33.0 Å². The molecule has 2 aromatic rings. The summed E-state index contributed by atoms with van der Waals surface area (Å²) in [5, 5.41) is 3.02. The summed E-state index contributed by atoms with van der Waals surface area (Å²) in [6, 6.07) is 4.74. The molecule has 0 radical (unpaired) electrons. The Morgan fingerprint density at radius 2 is 1.87 bits per heavy atom. The highest BCUT2D eigenvalue weighted by atomic mass is 79.9. The maximum atomic E-state index is 12.5. The Kier molecular flexibility index (Phi) is 5.68. The van der Waals surface area contributed by atoms with Crippen LogP contribution in [0, 0.1) is 0 Å². The minimum atomic E-state index is -0.363. The molecule has 0 bridgehead atoms. The number of hydrogen-bond acceptors (Lipinski definition) is 5. The van der Waals surface area contributed by atoms with Crippen molar-refractivity contribution in [3.8, 4) is 17.2 Å². The number of benzene rings is 1. The number of rotatable bonds is 5. The lowest BCUT2D eigenvalue weighted by molar-refractivity contribution is 0.102. The lowest BCUT2D eigenvalue weighted by Gasteiger charge is -2.16. The number of aromatic nitrogens is 1. The van der Waals surface area contributed by atoms with Crippen LogP contribution in [0.15, 0.2) is 28.9 Å². The van der Waals surface area contributed by atoms with Gasteiger partial charge in [0.2, 0.25) is 5.75 Å². The molecule has 1 N–H and O–H groups in total. The topological polar surface area (TPSA) is 69.7 Å². The van der Waals surface area contributed by atoms with E-state index in [1.807, 2.05) is 0 Å². The molecule has 8 heteroatoms. The van der Waals surface area contributed by atoms with Crippen molar-refractivity contribution < 1.29 is 19.0 Å². The van der Waals surface area contributed by atoms with Gasteiger partial charge in [-0.1, -0.05) is 11.6 Å². The van der Waals surface area contributed by atoms with Gasteiger partial charge in [-0.25, -0.2) is 4.98 Å². The second-order valence-corrected chi connectivity index (χ2v) is 5.51. The van der Waals surface area contributed by atoms with Crippen LogP contribution in [0.25, 0.3) is 0 Å². The molecule has 2 rings (SSSR count). The molecule has 1 aromatic heterocycles. The van der Waals surface area contributed by atoms with Crippen LogP contribution in [0.2, 0.25) is 5.15 Å². The molecule has 0 aliphatic heterocycles. The summed E-state index contributed by atoms with van der Waals surface area (Å²) in [5.74, 6) is 0.777. The van der Waals surface area contributed by atoms with Gasteiger partial charge in [0.1, 0.15) is 5.15 Å². The number of pyridine rings is 1. The Labute approximate surface area is 146 Å². The molecule has 1 aromatic carbocycles. The first-order valence-electron chi connectivity index (χ1n) is 6.43. The number of nitrogens with one attached hydrogen (secondary N) is 1. The van der Waals surface area contributed by atoms with E-state index in [2.05, 4.69) is 26.2 Å². The van der Waals surface area contributed by atoms with Gasteiger partial charge in [-0.2, -0.15) is 0 Å². The van der Waals surface area contributed by atoms with Crippen LogP contribution in [0.4, 0.5) is 5.69 Å². The highest BCUT2D eigenvalue weighted by molar-refractivity contribution is 9.10. The number of ether oxygens (including phenoxy) is 3. The molecule has 0 aliphatic rings. The van der Waals surface area contributed by atoms with Crippen molar-refractivity contribution in [3.63, 3.8) is 0 Å². The first-order valence-corrected chi connectivity index (χ1v) is 7.60. The summed E-state index contributed by atoms with van der Waals surface area (Å²) in [6.45, 7) is 0. The largest absolute Gasteiger partial charge is 0.493 e. The van der Waals surface area contributed by atoms with E-state index < -0.39 is 0 Å². The highest BCUT2D eigenvalue weighted by Crippen LogP contribution is 2.44. The first kappa shape index (κ1) is 17.4. The number of halogens is 2. The van der Waals surface area contributed by atoms with Gasteiger partial charge in [0, 0.05) is 11.9 Å². The van der Waals surface area contributed by atoms with Gasteiger partial charge in [0.05, 0.1) is 31.4 Å². The summed E-state index contributed by atoms with van der Waals surface area (Å²) in [7, 11) is 4.45. The van der Waals surface area contributed by atoms with E-state index in [9.17, 15) is 4.79 Å². The number of nitrogens with zero attached hydrogens (tertiary/aromatic N) is 1. The molecule has 6 nitrogen and oxygen atoms in total. The van der Waals surface area contributed by atoms with Gasteiger partial charge >= 0.3 is 0 Å². The van der Waals surface area contributed by atoms with Crippen LogP contribution >= 0.6 is 27.5 Å². The third kappa shape index (κ3) is 3.68. The van der Waals surface area contributed by atoms with Gasteiger partial charge in [-0.15, -0.1) is 0 Å². The second-order valence-electron chi connectivity index (χ2n) is 4.33. The average Bonchev–Trinajstić information content (AvgIpc) is 2.54. The van der Waals surface area contributed by atoms with Gasteiger partial charge in [-0.3, -0.25) is 4.79 Å². The number of carbonyl (C=O) groups excluding carboxylic acids is 1. The fourth-order valence-electron chi connectivity index (χ4n) is 1.96. The van der Waals surface area contributed by atoms with Gasteiger partial charge in [-0.05, 0) is 34.1 Å². The average molecular weight is 402 g/mol. The minimum Gasteiger partial charge on any atom is -0.493 e. The fraction of sp³-hybridized carbons (Fsp3) is 0.200. The Hall–Kier alpha value is -1.99. The van der Waals surface area contributed by atoms with Crippen LogP contribution in [-0.4, -0.2) is 32.2 Å². The van der Waals surface area contributed by atoms with Crippen LogP contribution in [0.5, 0.6) is 17.2 Å². The number of hydrogen-bond donors (Lipinski definition) is 1. The molecule has 0 fully saturated rings. The van der Waals surface area contributed by atoms with Crippen LogP contribution in [0.3, 0.4) is 0 Å². The maximum Gasteiger partial charge on any atom is 0.257 e. The Balaban J connectivity index is 2.44. The molecule has 0 unspecified atom stereocenters. The molecule has 0 aliphatic carbocycles. The standard InChI is InChI=1S/C15H14BrClN2O4/c1-21-10-7-9(12(16)14(23-3)13(10)22-2)15(20)19-8-4-5-18-11(17)6-8/h4-7H,1-3H3,(H,18,19,20). The lowest BCUT2D eigenvalue weighted by Crippen LogP contribution is -2.13. The van der Waals surface area contributed by atoms with Crippen LogP contribution < -0.4 is 19.5 Å². The van der Waals surface area contributed by atoms with Crippen molar-refractivity contribution in [1.29, 1.82) is 0 Å². The minimum absolute atomic E-state index is 0.284. The van der Waals surface area contributed by atoms with Crippen molar-refractivity contribution in [2.75, 3.05) is 26.6 Å². The lowest BCUT2D eigenvalue weighted by atomic mass is 10.1. The van der Waals surface area contributed by atoms with Crippen LogP contribution in [0.1, 0.15) is 10.4 Å². The Morgan fingerprint density at radius 1 is 1.17 bits per heavy atom. The zero-order valence-corrected chi connectivity index (χ0v) is 15.0. The van der Waals surface area contributed by atoms with Crippen molar-refractivity contribution >= 4 is 39.1 Å². The van der Waals surface area contributed by atoms with Gasteiger partial charge in [0.15, 0.2) is 11.5 Å². The summed E-state index contributed by atoms with van der Waals surface area (Å²) in [5.41, 5.74) is 0.850. The Bertz CT molecular complexity index is 740. The summed E-state index contributed by atoms with van der Waals surface area (Å²) >= 11 is 9.18. The van der Waals surface area contributed by atoms with Crippen molar-refractivity contribution in [2.45, 2.75) is 0 Å². The molecule has 1 heterocycles. The molecule has 122 valence electrons. The van der Waals surface area contributed by atoms with E-state index in [4.69, 9.17) is 25.8 Å². The van der Waals surface area contributed by atoms with E-state index in [1.54, 1.807) is 18.2 Å². The summed E-state index contributed by atoms with van der Waals surface area (Å²) < 4.78 is 16.3. The molecular formula is C15H14BrClN2O4.